The monoisotopic (exact) mass is 207 g/mol. The first-order chi connectivity index (χ1) is 7.20. The Morgan fingerprint density at radius 3 is 2.53 bits per heavy atom. The number of H-pyrrole nitrogens is 1. The highest BCUT2D eigenvalue weighted by Crippen LogP contribution is 2.12. The molecule has 0 atom stereocenters. The van der Waals surface area contributed by atoms with E-state index in [4.69, 9.17) is 4.74 Å². The highest BCUT2D eigenvalue weighted by Gasteiger charge is 2.06. The van der Waals surface area contributed by atoms with Gasteiger partial charge >= 0.3 is 5.56 Å². The van der Waals surface area contributed by atoms with E-state index in [0.29, 0.717) is 16.3 Å². The van der Waals surface area contributed by atoms with Crippen LogP contribution in [-0.2, 0) is 0 Å². The van der Waals surface area contributed by atoms with Crippen molar-refractivity contribution in [3.63, 3.8) is 0 Å². The van der Waals surface area contributed by atoms with Gasteiger partial charge < -0.3 is 9.94 Å². The van der Waals surface area contributed by atoms with Gasteiger partial charge in [-0.25, -0.2) is 4.79 Å². The number of hydrogen-bond donors (Lipinski definition) is 1. The lowest BCUT2D eigenvalue weighted by atomic mass is 10.3. The third kappa shape index (κ3) is 1.69. The summed E-state index contributed by atoms with van der Waals surface area (Å²) in [5.41, 5.74) is 0.119. The largest absolute Gasteiger partial charge is 0.692 e. The van der Waals surface area contributed by atoms with Crippen molar-refractivity contribution >= 4 is 0 Å². The van der Waals surface area contributed by atoms with Crippen molar-refractivity contribution in [3.05, 3.63) is 46.0 Å². The van der Waals surface area contributed by atoms with Crippen molar-refractivity contribution in [2.45, 2.75) is 0 Å². The zero-order valence-electron chi connectivity index (χ0n) is 8.01. The Bertz CT molecular complexity index is 512. The summed E-state index contributed by atoms with van der Waals surface area (Å²) >= 11 is 0. The van der Waals surface area contributed by atoms with Crippen LogP contribution in [0, 0.1) is 5.21 Å². The van der Waals surface area contributed by atoms with Gasteiger partial charge in [-0.2, -0.15) is 4.85 Å². The summed E-state index contributed by atoms with van der Waals surface area (Å²) in [5, 5.41) is 13.6. The fourth-order valence-electron chi connectivity index (χ4n) is 1.24. The van der Waals surface area contributed by atoms with E-state index in [1.165, 1.54) is 0 Å². The molecule has 0 aliphatic carbocycles. The quantitative estimate of drug-likeness (QED) is 0.547. The number of ether oxygens (including phenoxy) is 1. The number of benzene rings is 1. The second-order valence-corrected chi connectivity index (χ2v) is 2.92. The van der Waals surface area contributed by atoms with Crippen molar-refractivity contribution in [1.29, 1.82) is 0 Å². The van der Waals surface area contributed by atoms with Crippen molar-refractivity contribution in [2.24, 2.45) is 0 Å². The summed E-state index contributed by atoms with van der Waals surface area (Å²) in [5.74, 6) is 0.686. The average Bonchev–Trinajstić information content (AvgIpc) is 2.58. The Kier molecular flexibility index (Phi) is 2.17. The van der Waals surface area contributed by atoms with Crippen LogP contribution in [0.4, 0.5) is 0 Å². The van der Waals surface area contributed by atoms with Crippen LogP contribution in [0.25, 0.3) is 5.69 Å². The highest BCUT2D eigenvalue weighted by molar-refractivity contribution is 5.34. The highest BCUT2D eigenvalue weighted by atomic mass is 16.5. The average molecular weight is 207 g/mol. The molecule has 0 amide bonds. The van der Waals surface area contributed by atoms with Crippen LogP contribution in [0.5, 0.6) is 5.75 Å². The first kappa shape index (κ1) is 9.32. The van der Waals surface area contributed by atoms with Crippen LogP contribution in [-0.4, -0.2) is 17.0 Å². The lowest BCUT2D eigenvalue weighted by Crippen LogP contribution is -2.36. The summed E-state index contributed by atoms with van der Waals surface area (Å²) in [4.78, 5) is 12.4. The number of nitrogens with one attached hydrogen (secondary N) is 1. The lowest BCUT2D eigenvalue weighted by Gasteiger charge is -2.04. The maximum Gasteiger partial charge on any atom is 0.391 e. The molecule has 1 N–H and O–H groups in total. The van der Waals surface area contributed by atoms with Crippen molar-refractivity contribution in [2.75, 3.05) is 7.11 Å². The minimum atomic E-state index is -0.444. The van der Waals surface area contributed by atoms with Gasteiger partial charge in [0.25, 0.3) is 0 Å². The predicted octanol–water partition coefficient (Wildman–Crippen LogP) is -0.192. The van der Waals surface area contributed by atoms with Crippen molar-refractivity contribution in [3.8, 4) is 11.4 Å². The van der Waals surface area contributed by atoms with Crippen LogP contribution < -0.4 is 15.1 Å². The van der Waals surface area contributed by atoms with E-state index in [1.807, 2.05) is 0 Å². The molecule has 0 aliphatic rings. The molecule has 0 bridgehead atoms. The molecule has 6 nitrogen and oxygen atoms in total. The molecule has 0 saturated heterocycles. The van der Waals surface area contributed by atoms with Gasteiger partial charge in [0.1, 0.15) is 11.4 Å². The van der Waals surface area contributed by atoms with E-state index in [-0.39, 0.29) is 0 Å². The fourth-order valence-corrected chi connectivity index (χ4v) is 1.24. The van der Waals surface area contributed by atoms with Gasteiger partial charge in [-0.3, -0.25) is 0 Å². The molecule has 15 heavy (non-hydrogen) atoms. The topological polar surface area (TPSA) is 74.0 Å². The van der Waals surface area contributed by atoms with Gasteiger partial charge in [-0.15, -0.1) is 5.10 Å². The summed E-state index contributed by atoms with van der Waals surface area (Å²) in [7, 11) is 1.56. The number of aromatic amines is 1. The van der Waals surface area contributed by atoms with Gasteiger partial charge in [-0.1, -0.05) is 0 Å². The predicted molar refractivity (Wildman–Crippen MR) is 51.9 cm³/mol. The molecular formula is C9H9N3O3. The molecule has 0 unspecified atom stereocenters. The molecule has 0 saturated carbocycles. The molecule has 6 heteroatoms. The molecule has 1 aromatic carbocycles. The van der Waals surface area contributed by atoms with E-state index in [1.54, 1.807) is 31.4 Å². The smallest absolute Gasteiger partial charge is 0.391 e. The molecule has 0 fully saturated rings. The van der Waals surface area contributed by atoms with E-state index < -0.39 is 5.56 Å². The summed E-state index contributed by atoms with van der Waals surface area (Å²) in [6.07, 6.45) is 0.921. The summed E-state index contributed by atoms with van der Waals surface area (Å²) < 4.78 is 4.97. The second-order valence-electron chi connectivity index (χ2n) is 2.92. The SMILES string of the molecule is COc1ccc(-n2[nH]c(=O)c[n+]2[O-])cc1. The Labute approximate surface area is 84.9 Å². The third-order valence-corrected chi connectivity index (χ3v) is 1.96. The van der Waals surface area contributed by atoms with Crippen LogP contribution >= 0.6 is 0 Å². The fraction of sp³-hybridized carbons (Fsp3) is 0.111. The normalized spacial score (nSPS) is 10.2. The van der Waals surface area contributed by atoms with E-state index in [9.17, 15) is 10.0 Å². The Morgan fingerprint density at radius 2 is 2.07 bits per heavy atom. The van der Waals surface area contributed by atoms with E-state index >= 15 is 0 Å². The Balaban J connectivity index is 2.45. The molecule has 78 valence electrons. The zero-order valence-corrected chi connectivity index (χ0v) is 8.01. The summed E-state index contributed by atoms with van der Waals surface area (Å²) in [6.45, 7) is 0. The van der Waals surface area contributed by atoms with Gasteiger partial charge in [-0.05, 0) is 29.1 Å². The number of aromatic nitrogens is 3. The minimum Gasteiger partial charge on any atom is -0.692 e. The number of nitrogens with zero attached hydrogens (tertiary/aromatic N) is 2. The molecule has 0 radical (unpaired) electrons. The van der Waals surface area contributed by atoms with Gasteiger partial charge in [0, 0.05) is 0 Å². The lowest BCUT2D eigenvalue weighted by molar-refractivity contribution is -0.688. The van der Waals surface area contributed by atoms with Crippen molar-refractivity contribution in [1.82, 2.24) is 9.90 Å². The van der Waals surface area contributed by atoms with Gasteiger partial charge in [0.2, 0.25) is 6.20 Å². The molecule has 1 heterocycles. The molecule has 0 spiro atoms. The molecule has 2 rings (SSSR count). The van der Waals surface area contributed by atoms with Crippen LogP contribution in [0.1, 0.15) is 0 Å². The van der Waals surface area contributed by atoms with E-state index in [0.717, 1.165) is 11.0 Å². The second kappa shape index (κ2) is 3.49. The molecule has 0 aliphatic heterocycles. The zero-order chi connectivity index (χ0) is 10.8. The molecule has 1 aromatic heterocycles. The summed E-state index contributed by atoms with van der Waals surface area (Å²) in [6, 6.07) is 6.74. The maximum atomic E-state index is 11.2. The number of hydrogen-bond acceptors (Lipinski definition) is 3. The third-order valence-electron chi connectivity index (χ3n) is 1.96. The van der Waals surface area contributed by atoms with Crippen molar-refractivity contribution < 1.29 is 9.58 Å². The number of rotatable bonds is 2. The van der Waals surface area contributed by atoms with Crippen LogP contribution in [0.2, 0.25) is 0 Å². The standard InChI is InChI=1S/C9H9N3O3/c1-15-8-4-2-7(3-5-8)12-10-9(13)6-11(12)14/h2-6H,1H3,(H,10,13). The Morgan fingerprint density at radius 1 is 1.40 bits per heavy atom. The van der Waals surface area contributed by atoms with Crippen LogP contribution in [0.15, 0.2) is 35.3 Å². The number of methoxy groups -OCH3 is 1. The van der Waals surface area contributed by atoms with Crippen LogP contribution in [0.3, 0.4) is 0 Å². The molecule has 2 aromatic rings. The van der Waals surface area contributed by atoms with Gasteiger partial charge in [0.05, 0.1) is 7.11 Å². The van der Waals surface area contributed by atoms with E-state index in [2.05, 4.69) is 5.10 Å². The first-order valence-electron chi connectivity index (χ1n) is 4.26. The maximum absolute atomic E-state index is 11.2. The Hall–Kier alpha value is -2.24. The molecular weight excluding hydrogens is 198 g/mol. The first-order valence-corrected chi connectivity index (χ1v) is 4.26. The van der Waals surface area contributed by atoms with Gasteiger partial charge in [0.15, 0.2) is 0 Å². The minimum absolute atomic E-state index is 0.435.